The highest BCUT2D eigenvalue weighted by Gasteiger charge is 2.06. The predicted molar refractivity (Wildman–Crippen MR) is 76.0 cm³/mol. The number of thiazole rings is 1. The molecule has 0 saturated carbocycles. The van der Waals surface area contributed by atoms with Gasteiger partial charge >= 0.3 is 0 Å². The lowest BCUT2D eigenvalue weighted by Crippen LogP contribution is -2.18. The zero-order valence-corrected chi connectivity index (χ0v) is 11.8. The largest absolute Gasteiger partial charge is 0.354 e. The van der Waals surface area contributed by atoms with Gasteiger partial charge in [-0.2, -0.15) is 0 Å². The molecule has 0 bridgehead atoms. The van der Waals surface area contributed by atoms with Gasteiger partial charge in [-0.15, -0.1) is 11.3 Å². The second-order valence-electron chi connectivity index (χ2n) is 4.27. The summed E-state index contributed by atoms with van der Waals surface area (Å²) in [6.07, 6.45) is 1.85. The molecule has 96 valence electrons. The lowest BCUT2D eigenvalue weighted by atomic mass is 10.2. The number of nitrogens with zero attached hydrogens (tertiary/aromatic N) is 3. The molecule has 5 heteroatoms. The topological polar surface area (TPSA) is 41.1 Å². The van der Waals surface area contributed by atoms with Crippen molar-refractivity contribution >= 4 is 17.2 Å². The number of rotatable bonds is 5. The van der Waals surface area contributed by atoms with Crippen molar-refractivity contribution in [3.8, 4) is 0 Å². The molecule has 0 aromatic carbocycles. The molecule has 2 rings (SSSR count). The van der Waals surface area contributed by atoms with Crippen molar-refractivity contribution in [2.24, 2.45) is 0 Å². The molecule has 4 nitrogen and oxygen atoms in total. The monoisotopic (exact) mass is 262 g/mol. The van der Waals surface area contributed by atoms with Gasteiger partial charge in [0.05, 0.1) is 17.2 Å². The van der Waals surface area contributed by atoms with E-state index in [2.05, 4.69) is 31.6 Å². The summed E-state index contributed by atoms with van der Waals surface area (Å²) in [5.41, 5.74) is 2.34. The molecule has 2 aromatic rings. The molecule has 18 heavy (non-hydrogen) atoms. The molecule has 0 aliphatic heterocycles. The Balaban J connectivity index is 2.08. The summed E-state index contributed by atoms with van der Waals surface area (Å²) in [4.78, 5) is 11.0. The number of aromatic nitrogens is 2. The molecule has 0 aliphatic carbocycles. The Morgan fingerprint density at radius 1 is 1.44 bits per heavy atom. The van der Waals surface area contributed by atoms with Gasteiger partial charge in [0.1, 0.15) is 5.82 Å². The van der Waals surface area contributed by atoms with Gasteiger partial charge in [-0.1, -0.05) is 0 Å². The van der Waals surface area contributed by atoms with Gasteiger partial charge in [-0.25, -0.2) is 9.97 Å². The molecule has 0 atom stereocenters. The van der Waals surface area contributed by atoms with Crippen LogP contribution in [0.15, 0.2) is 23.7 Å². The smallest absolute Gasteiger partial charge is 0.128 e. The molecule has 0 aliphatic rings. The van der Waals surface area contributed by atoms with Crippen LogP contribution >= 0.6 is 11.3 Å². The van der Waals surface area contributed by atoms with Gasteiger partial charge in [0.2, 0.25) is 0 Å². The van der Waals surface area contributed by atoms with Crippen LogP contribution in [0.1, 0.15) is 16.3 Å². The molecule has 0 amide bonds. The first-order chi connectivity index (χ1) is 8.69. The van der Waals surface area contributed by atoms with Crippen molar-refractivity contribution in [1.82, 2.24) is 15.3 Å². The van der Waals surface area contributed by atoms with E-state index in [4.69, 9.17) is 0 Å². The van der Waals surface area contributed by atoms with Gasteiger partial charge in [-0.05, 0) is 31.7 Å². The quantitative estimate of drug-likeness (QED) is 0.897. The van der Waals surface area contributed by atoms with E-state index in [1.165, 1.54) is 5.56 Å². The fraction of sp³-hybridized carbons (Fsp3) is 0.385. The maximum atomic E-state index is 4.47. The van der Waals surface area contributed by atoms with Crippen LogP contribution < -0.4 is 10.2 Å². The third-order valence-electron chi connectivity index (χ3n) is 2.65. The Hall–Kier alpha value is -1.46. The number of aryl methyl sites for hydroxylation is 1. The van der Waals surface area contributed by atoms with E-state index in [0.717, 1.165) is 29.6 Å². The summed E-state index contributed by atoms with van der Waals surface area (Å²) < 4.78 is 0. The number of hydrogen-bond acceptors (Lipinski definition) is 5. The van der Waals surface area contributed by atoms with Crippen LogP contribution in [-0.4, -0.2) is 24.1 Å². The molecule has 0 unspecified atom stereocenters. The second kappa shape index (κ2) is 5.93. The highest BCUT2D eigenvalue weighted by Crippen LogP contribution is 2.15. The Kier molecular flexibility index (Phi) is 4.28. The van der Waals surface area contributed by atoms with Crippen LogP contribution in [0.2, 0.25) is 0 Å². The van der Waals surface area contributed by atoms with Crippen molar-refractivity contribution in [1.29, 1.82) is 0 Å². The van der Waals surface area contributed by atoms with E-state index in [1.807, 2.05) is 33.3 Å². The van der Waals surface area contributed by atoms with Crippen molar-refractivity contribution in [3.05, 3.63) is 40.0 Å². The summed E-state index contributed by atoms with van der Waals surface area (Å²) in [5.74, 6) is 0.980. The van der Waals surface area contributed by atoms with Gasteiger partial charge in [0.15, 0.2) is 0 Å². The van der Waals surface area contributed by atoms with Gasteiger partial charge < -0.3 is 10.2 Å². The summed E-state index contributed by atoms with van der Waals surface area (Å²) >= 11 is 1.68. The van der Waals surface area contributed by atoms with Crippen LogP contribution in [0.4, 0.5) is 5.82 Å². The zero-order valence-electron chi connectivity index (χ0n) is 11.0. The van der Waals surface area contributed by atoms with Crippen LogP contribution in [0.5, 0.6) is 0 Å². The van der Waals surface area contributed by atoms with E-state index >= 15 is 0 Å². The van der Waals surface area contributed by atoms with E-state index in [0.29, 0.717) is 0 Å². The second-order valence-corrected chi connectivity index (χ2v) is 5.33. The SMILES string of the molecule is CNCc1ccnc(N(C)Cc2csc(C)n2)c1. The van der Waals surface area contributed by atoms with Crippen LogP contribution in [0, 0.1) is 6.92 Å². The van der Waals surface area contributed by atoms with Crippen molar-refractivity contribution in [3.63, 3.8) is 0 Å². The molecule has 0 spiro atoms. The predicted octanol–water partition coefficient (Wildman–Crippen LogP) is 2.20. The maximum absolute atomic E-state index is 4.47. The fourth-order valence-corrected chi connectivity index (χ4v) is 2.39. The molecular weight excluding hydrogens is 244 g/mol. The van der Waals surface area contributed by atoms with Gasteiger partial charge in [0.25, 0.3) is 0 Å². The minimum absolute atomic E-state index is 0.792. The average molecular weight is 262 g/mol. The van der Waals surface area contributed by atoms with E-state index in [1.54, 1.807) is 11.3 Å². The summed E-state index contributed by atoms with van der Waals surface area (Å²) in [5, 5.41) is 6.35. The number of pyridine rings is 1. The summed E-state index contributed by atoms with van der Waals surface area (Å²) in [6.45, 7) is 3.68. The van der Waals surface area contributed by atoms with Gasteiger partial charge in [0, 0.05) is 25.2 Å². The first kappa shape index (κ1) is 13.0. The normalized spacial score (nSPS) is 10.6. The van der Waals surface area contributed by atoms with Crippen LogP contribution in [-0.2, 0) is 13.1 Å². The fourth-order valence-electron chi connectivity index (χ4n) is 1.79. The van der Waals surface area contributed by atoms with Crippen LogP contribution in [0.3, 0.4) is 0 Å². The molecule has 1 N–H and O–H groups in total. The summed E-state index contributed by atoms with van der Waals surface area (Å²) in [6, 6.07) is 4.14. The molecule has 0 saturated heterocycles. The van der Waals surface area contributed by atoms with E-state index < -0.39 is 0 Å². The van der Waals surface area contributed by atoms with Crippen molar-refractivity contribution in [2.45, 2.75) is 20.0 Å². The molecule has 2 heterocycles. The maximum Gasteiger partial charge on any atom is 0.128 e. The van der Waals surface area contributed by atoms with Crippen LogP contribution in [0.25, 0.3) is 0 Å². The minimum Gasteiger partial charge on any atom is -0.354 e. The lowest BCUT2D eigenvalue weighted by molar-refractivity contribution is 0.810. The number of anilines is 1. The molecular formula is C13H18N4S. The van der Waals surface area contributed by atoms with E-state index in [9.17, 15) is 0 Å². The molecule has 0 radical (unpaired) electrons. The Bertz CT molecular complexity index is 509. The highest BCUT2D eigenvalue weighted by molar-refractivity contribution is 7.09. The Morgan fingerprint density at radius 3 is 2.94 bits per heavy atom. The third-order valence-corrected chi connectivity index (χ3v) is 3.47. The lowest BCUT2D eigenvalue weighted by Gasteiger charge is -2.17. The highest BCUT2D eigenvalue weighted by atomic mass is 32.1. The zero-order chi connectivity index (χ0) is 13.0. The summed E-state index contributed by atoms with van der Waals surface area (Å²) in [7, 11) is 3.99. The molecule has 0 fully saturated rings. The number of nitrogens with one attached hydrogen (secondary N) is 1. The number of hydrogen-bond donors (Lipinski definition) is 1. The standard InChI is InChI=1S/C13H18N4S/c1-10-16-12(9-18-10)8-17(3)13-6-11(7-14-2)4-5-15-13/h4-6,9,14H,7-8H2,1-3H3. The Morgan fingerprint density at radius 2 is 2.28 bits per heavy atom. The molecule has 2 aromatic heterocycles. The average Bonchev–Trinajstić information content (AvgIpc) is 2.75. The van der Waals surface area contributed by atoms with Gasteiger partial charge in [-0.3, -0.25) is 0 Å². The minimum atomic E-state index is 0.792. The first-order valence-corrected chi connectivity index (χ1v) is 6.78. The van der Waals surface area contributed by atoms with Crippen molar-refractivity contribution in [2.75, 3.05) is 19.0 Å². The third kappa shape index (κ3) is 3.27. The van der Waals surface area contributed by atoms with Crippen molar-refractivity contribution < 1.29 is 0 Å². The Labute approximate surface area is 112 Å². The van der Waals surface area contributed by atoms with E-state index in [-0.39, 0.29) is 0 Å². The first-order valence-electron chi connectivity index (χ1n) is 5.90.